The molecule has 0 saturated heterocycles. The summed E-state index contributed by atoms with van der Waals surface area (Å²) in [6, 6.07) is 10.1. The number of fused-ring (bicyclic) bond motifs is 1. The maximum Gasteiger partial charge on any atom is 0.182 e. The number of benzene rings is 1. The Morgan fingerprint density at radius 2 is 2.15 bits per heavy atom. The van der Waals surface area contributed by atoms with Crippen molar-refractivity contribution in [3.63, 3.8) is 0 Å². The molecule has 1 aliphatic heterocycles. The Morgan fingerprint density at radius 3 is 3.05 bits per heavy atom. The van der Waals surface area contributed by atoms with E-state index in [1.807, 2.05) is 24.3 Å². The van der Waals surface area contributed by atoms with Crippen LogP contribution in [0.15, 0.2) is 36.7 Å². The smallest absolute Gasteiger partial charge is 0.182 e. The summed E-state index contributed by atoms with van der Waals surface area (Å²) in [6.07, 6.45) is 4.06. The van der Waals surface area contributed by atoms with Gasteiger partial charge in [-0.2, -0.15) is 5.26 Å². The summed E-state index contributed by atoms with van der Waals surface area (Å²) in [7, 11) is 0. The summed E-state index contributed by atoms with van der Waals surface area (Å²) in [6.45, 7) is 1.43. The normalized spacial score (nSPS) is 16.6. The van der Waals surface area contributed by atoms with Crippen LogP contribution in [0, 0.1) is 11.3 Å². The highest BCUT2D eigenvalue weighted by Gasteiger charge is 2.21. The van der Waals surface area contributed by atoms with E-state index >= 15 is 0 Å². The van der Waals surface area contributed by atoms with Gasteiger partial charge in [0.05, 0.1) is 6.61 Å². The number of aromatic nitrogens is 2. The van der Waals surface area contributed by atoms with Gasteiger partial charge in [-0.25, -0.2) is 9.97 Å². The third kappa shape index (κ3) is 2.41. The maximum atomic E-state index is 9.00. The lowest BCUT2D eigenvalue weighted by Gasteiger charge is -2.26. The second kappa shape index (κ2) is 5.57. The van der Waals surface area contributed by atoms with Gasteiger partial charge in [-0.1, -0.05) is 18.2 Å². The van der Waals surface area contributed by atoms with Gasteiger partial charge in [0, 0.05) is 24.9 Å². The average molecular weight is 266 g/mol. The first-order valence-corrected chi connectivity index (χ1v) is 6.55. The van der Waals surface area contributed by atoms with Gasteiger partial charge in [0.15, 0.2) is 11.5 Å². The van der Waals surface area contributed by atoms with Gasteiger partial charge < -0.3 is 10.1 Å². The van der Waals surface area contributed by atoms with E-state index in [4.69, 9.17) is 10.00 Å². The first-order valence-electron chi connectivity index (χ1n) is 6.55. The molecule has 1 aromatic carbocycles. The Bertz CT molecular complexity index is 650. The van der Waals surface area contributed by atoms with Crippen LogP contribution in [0.25, 0.3) is 0 Å². The lowest BCUT2D eigenvalue weighted by Crippen LogP contribution is -2.21. The van der Waals surface area contributed by atoms with Crippen molar-refractivity contribution in [1.82, 2.24) is 9.97 Å². The number of rotatable bonds is 3. The summed E-state index contributed by atoms with van der Waals surface area (Å²) in [5.74, 6) is 1.85. The number of ether oxygens (including phenoxy) is 1. The van der Waals surface area contributed by atoms with Crippen molar-refractivity contribution >= 4 is 5.82 Å². The molecular formula is C15H14N4O. The predicted molar refractivity (Wildman–Crippen MR) is 74.5 cm³/mol. The fourth-order valence-electron chi connectivity index (χ4n) is 2.40. The Balaban J connectivity index is 1.75. The van der Waals surface area contributed by atoms with Crippen LogP contribution < -0.4 is 10.1 Å². The summed E-state index contributed by atoms with van der Waals surface area (Å²) in [5, 5.41) is 12.2. The van der Waals surface area contributed by atoms with E-state index < -0.39 is 0 Å². The van der Waals surface area contributed by atoms with Gasteiger partial charge in [-0.15, -0.1) is 0 Å². The van der Waals surface area contributed by atoms with Gasteiger partial charge in [0.2, 0.25) is 0 Å². The highest BCUT2D eigenvalue weighted by molar-refractivity contribution is 5.47. The van der Waals surface area contributed by atoms with Crippen molar-refractivity contribution in [3.8, 4) is 11.8 Å². The minimum Gasteiger partial charge on any atom is -0.493 e. The number of anilines is 1. The number of nitrogens with zero attached hydrogens (tertiary/aromatic N) is 3. The van der Waals surface area contributed by atoms with Crippen LogP contribution in [0.1, 0.15) is 23.6 Å². The van der Waals surface area contributed by atoms with Crippen LogP contribution in [0.5, 0.6) is 5.75 Å². The van der Waals surface area contributed by atoms with E-state index in [1.54, 1.807) is 6.20 Å². The standard InChI is InChI=1S/C15H14N4O/c16-9-13-15(18-7-6-17-13)19-10-11-5-8-20-14-4-2-1-3-12(11)14/h1-4,6-7,11H,5,8,10H2,(H,18,19). The second-order valence-corrected chi connectivity index (χ2v) is 4.62. The predicted octanol–water partition coefficient (Wildman–Crippen LogP) is 2.33. The molecule has 5 nitrogen and oxygen atoms in total. The van der Waals surface area contributed by atoms with Crippen LogP contribution in [0.2, 0.25) is 0 Å². The Morgan fingerprint density at radius 1 is 1.30 bits per heavy atom. The van der Waals surface area contributed by atoms with Crippen molar-refractivity contribution in [3.05, 3.63) is 47.9 Å². The van der Waals surface area contributed by atoms with Gasteiger partial charge in [0.25, 0.3) is 0 Å². The molecule has 3 rings (SSSR count). The van der Waals surface area contributed by atoms with Crippen LogP contribution in [0.4, 0.5) is 5.82 Å². The summed E-state index contributed by atoms with van der Waals surface area (Å²) >= 11 is 0. The molecule has 0 spiro atoms. The lowest BCUT2D eigenvalue weighted by atomic mass is 9.93. The molecule has 1 unspecified atom stereocenters. The van der Waals surface area contributed by atoms with Gasteiger partial charge in [0.1, 0.15) is 11.8 Å². The summed E-state index contributed by atoms with van der Waals surface area (Å²) < 4.78 is 5.64. The molecule has 0 aliphatic carbocycles. The molecule has 0 saturated carbocycles. The monoisotopic (exact) mass is 266 g/mol. The van der Waals surface area contributed by atoms with Crippen LogP contribution in [0.3, 0.4) is 0 Å². The molecule has 1 N–H and O–H groups in total. The number of nitrogens with one attached hydrogen (secondary N) is 1. The van der Waals surface area contributed by atoms with E-state index in [2.05, 4.69) is 21.4 Å². The molecule has 0 radical (unpaired) electrons. The fraction of sp³-hybridized carbons (Fsp3) is 0.267. The van der Waals surface area contributed by atoms with E-state index in [0.29, 0.717) is 24.0 Å². The fourth-order valence-corrected chi connectivity index (χ4v) is 2.40. The molecule has 100 valence electrons. The van der Waals surface area contributed by atoms with Crippen LogP contribution in [-0.4, -0.2) is 23.1 Å². The molecule has 0 bridgehead atoms. The molecule has 5 heteroatoms. The van der Waals surface area contributed by atoms with E-state index in [-0.39, 0.29) is 0 Å². The number of hydrogen-bond acceptors (Lipinski definition) is 5. The zero-order valence-corrected chi connectivity index (χ0v) is 10.9. The minimum atomic E-state index is 0.327. The zero-order valence-electron chi connectivity index (χ0n) is 10.9. The molecule has 2 heterocycles. The first kappa shape index (κ1) is 12.4. The van der Waals surface area contributed by atoms with Crippen LogP contribution >= 0.6 is 0 Å². The molecule has 1 aliphatic rings. The Kier molecular flexibility index (Phi) is 3.46. The number of hydrogen-bond donors (Lipinski definition) is 1. The highest BCUT2D eigenvalue weighted by Crippen LogP contribution is 2.33. The molecule has 0 fully saturated rings. The third-order valence-electron chi connectivity index (χ3n) is 3.40. The zero-order chi connectivity index (χ0) is 13.8. The first-order chi connectivity index (χ1) is 9.88. The summed E-state index contributed by atoms with van der Waals surface area (Å²) in [4.78, 5) is 8.16. The summed E-state index contributed by atoms with van der Waals surface area (Å²) in [5.41, 5.74) is 1.53. The minimum absolute atomic E-state index is 0.327. The molecule has 1 aromatic heterocycles. The maximum absolute atomic E-state index is 9.00. The quantitative estimate of drug-likeness (QED) is 0.923. The van der Waals surface area contributed by atoms with E-state index in [9.17, 15) is 0 Å². The average Bonchev–Trinajstić information content (AvgIpc) is 2.53. The number of para-hydroxylation sites is 1. The Hall–Kier alpha value is -2.61. The van der Waals surface area contributed by atoms with Crippen molar-refractivity contribution < 1.29 is 4.74 Å². The van der Waals surface area contributed by atoms with E-state index in [1.165, 1.54) is 11.8 Å². The largest absolute Gasteiger partial charge is 0.493 e. The van der Waals surface area contributed by atoms with Crippen molar-refractivity contribution in [1.29, 1.82) is 5.26 Å². The van der Waals surface area contributed by atoms with Crippen LogP contribution in [-0.2, 0) is 0 Å². The molecule has 20 heavy (non-hydrogen) atoms. The molecular weight excluding hydrogens is 252 g/mol. The molecule has 1 atom stereocenters. The third-order valence-corrected chi connectivity index (χ3v) is 3.40. The van der Waals surface area contributed by atoms with Crippen molar-refractivity contribution in [2.24, 2.45) is 0 Å². The van der Waals surface area contributed by atoms with Crippen molar-refractivity contribution in [2.45, 2.75) is 12.3 Å². The van der Waals surface area contributed by atoms with Gasteiger partial charge >= 0.3 is 0 Å². The second-order valence-electron chi connectivity index (χ2n) is 4.62. The molecule has 0 amide bonds. The molecule has 2 aromatic rings. The van der Waals surface area contributed by atoms with Gasteiger partial charge in [-0.3, -0.25) is 0 Å². The van der Waals surface area contributed by atoms with E-state index in [0.717, 1.165) is 18.8 Å². The highest BCUT2D eigenvalue weighted by atomic mass is 16.5. The SMILES string of the molecule is N#Cc1nccnc1NCC1CCOc2ccccc21. The number of nitriles is 1. The van der Waals surface area contributed by atoms with Gasteiger partial charge in [-0.05, 0) is 18.1 Å². The lowest BCUT2D eigenvalue weighted by molar-refractivity contribution is 0.270. The van der Waals surface area contributed by atoms with Crippen molar-refractivity contribution in [2.75, 3.05) is 18.5 Å². The topological polar surface area (TPSA) is 70.8 Å². The Labute approximate surface area is 117 Å².